The molecule has 3 N–H and O–H groups in total. The number of benzene rings is 1. The Balaban J connectivity index is 1.43. The molecular formula is C24H29N7O4S. The van der Waals surface area contributed by atoms with E-state index in [4.69, 9.17) is 14.4 Å². The minimum absolute atomic E-state index is 0.194. The largest absolute Gasteiger partial charge is 0.447 e. The summed E-state index contributed by atoms with van der Waals surface area (Å²) in [6, 6.07) is 10.4. The van der Waals surface area contributed by atoms with Crippen molar-refractivity contribution in [3.8, 4) is 0 Å². The summed E-state index contributed by atoms with van der Waals surface area (Å²) in [6.45, 7) is 2.74. The number of nitrogens with one attached hydrogen (secondary N) is 2. The third kappa shape index (κ3) is 5.00. The van der Waals surface area contributed by atoms with Crippen molar-refractivity contribution in [2.45, 2.75) is 51.3 Å². The number of sulfonamides is 1. The first-order valence-corrected chi connectivity index (χ1v) is 13.7. The summed E-state index contributed by atoms with van der Waals surface area (Å²) in [6.07, 6.45) is 7.28. The number of hydrogen-bond acceptors (Lipinski definition) is 9. The number of fused-ring (bicyclic) bond motifs is 1. The van der Waals surface area contributed by atoms with E-state index in [2.05, 4.69) is 15.6 Å². The lowest BCUT2D eigenvalue weighted by molar-refractivity contribution is 0.126. The molecule has 0 radical (unpaired) electrons. The van der Waals surface area contributed by atoms with Gasteiger partial charge in [0.1, 0.15) is 0 Å². The standard InChI is InChI=1S/C24H29N7O4S/c1-3-30-15-25-21-22(28-24(29-23(21)30)27-17-8-12-19(32)13-9-17)26-16-6-10-18(11-7-16)31(36(2,33)34)20-5-4-14-35-20/h4-7,10-11,14-15,17,19,32H,3,8-9,12-13H2,1-2H3,(H2,26,27,28,29). The number of rotatable bonds is 8. The molecular weight excluding hydrogens is 482 g/mol. The van der Waals surface area contributed by atoms with Gasteiger partial charge in [-0.2, -0.15) is 9.97 Å². The molecule has 1 fully saturated rings. The fourth-order valence-corrected chi connectivity index (χ4v) is 5.35. The molecule has 5 rings (SSSR count). The molecule has 1 saturated carbocycles. The maximum atomic E-state index is 12.4. The van der Waals surface area contributed by atoms with Crippen molar-refractivity contribution in [3.05, 3.63) is 49.0 Å². The maximum absolute atomic E-state index is 12.4. The normalized spacial score (nSPS) is 18.3. The second kappa shape index (κ2) is 9.78. The minimum Gasteiger partial charge on any atom is -0.447 e. The molecule has 190 valence electrons. The predicted molar refractivity (Wildman–Crippen MR) is 138 cm³/mol. The van der Waals surface area contributed by atoms with Gasteiger partial charge in [-0.3, -0.25) is 0 Å². The van der Waals surface area contributed by atoms with Crippen molar-refractivity contribution in [3.63, 3.8) is 0 Å². The van der Waals surface area contributed by atoms with Crippen molar-refractivity contribution in [2.24, 2.45) is 0 Å². The molecule has 3 aromatic heterocycles. The number of furan rings is 1. The lowest BCUT2D eigenvalue weighted by Gasteiger charge is -2.26. The molecule has 0 aliphatic heterocycles. The molecule has 3 heterocycles. The second-order valence-corrected chi connectivity index (χ2v) is 10.7. The topological polar surface area (TPSA) is 138 Å². The van der Waals surface area contributed by atoms with Crippen LogP contribution in [-0.4, -0.2) is 51.4 Å². The lowest BCUT2D eigenvalue weighted by Crippen LogP contribution is -2.29. The number of aliphatic hydroxyl groups is 1. The van der Waals surface area contributed by atoms with Gasteiger partial charge in [0.2, 0.25) is 21.9 Å². The molecule has 0 unspecified atom stereocenters. The average molecular weight is 512 g/mol. The van der Waals surface area contributed by atoms with Gasteiger partial charge < -0.3 is 24.7 Å². The highest BCUT2D eigenvalue weighted by Crippen LogP contribution is 2.31. The van der Waals surface area contributed by atoms with E-state index in [9.17, 15) is 13.5 Å². The molecule has 12 heteroatoms. The number of hydrogen-bond donors (Lipinski definition) is 3. The fourth-order valence-electron chi connectivity index (χ4n) is 4.41. The highest BCUT2D eigenvalue weighted by atomic mass is 32.2. The van der Waals surface area contributed by atoms with Crippen LogP contribution in [0.15, 0.2) is 53.4 Å². The summed E-state index contributed by atoms with van der Waals surface area (Å²) in [5, 5.41) is 16.5. The van der Waals surface area contributed by atoms with Gasteiger partial charge in [-0.05, 0) is 62.9 Å². The Bertz CT molecular complexity index is 1430. The van der Waals surface area contributed by atoms with Crippen LogP contribution in [0.4, 0.5) is 29.0 Å². The van der Waals surface area contributed by atoms with Crippen LogP contribution in [0.3, 0.4) is 0 Å². The van der Waals surface area contributed by atoms with Crippen molar-refractivity contribution in [2.75, 3.05) is 21.2 Å². The highest BCUT2D eigenvalue weighted by molar-refractivity contribution is 7.92. The number of aliphatic hydroxyl groups excluding tert-OH is 1. The van der Waals surface area contributed by atoms with Crippen molar-refractivity contribution < 1.29 is 17.9 Å². The van der Waals surface area contributed by atoms with E-state index in [0.717, 1.165) is 36.2 Å². The van der Waals surface area contributed by atoms with Gasteiger partial charge in [0, 0.05) is 24.3 Å². The Hall–Kier alpha value is -3.64. The lowest BCUT2D eigenvalue weighted by atomic mass is 9.93. The predicted octanol–water partition coefficient (Wildman–Crippen LogP) is 4.00. The van der Waals surface area contributed by atoms with Gasteiger partial charge in [-0.25, -0.2) is 17.7 Å². The van der Waals surface area contributed by atoms with E-state index in [1.165, 1.54) is 6.26 Å². The summed E-state index contributed by atoms with van der Waals surface area (Å²) in [4.78, 5) is 13.9. The molecule has 4 aromatic rings. The summed E-state index contributed by atoms with van der Waals surface area (Å²) in [5.74, 6) is 1.26. The number of aromatic nitrogens is 4. The molecule has 0 atom stereocenters. The Morgan fingerprint density at radius 2 is 1.89 bits per heavy atom. The van der Waals surface area contributed by atoms with Crippen molar-refractivity contribution in [1.29, 1.82) is 0 Å². The highest BCUT2D eigenvalue weighted by Gasteiger charge is 2.23. The van der Waals surface area contributed by atoms with E-state index in [0.29, 0.717) is 40.8 Å². The van der Waals surface area contributed by atoms with E-state index < -0.39 is 10.0 Å². The van der Waals surface area contributed by atoms with Crippen LogP contribution in [0, 0.1) is 0 Å². The summed E-state index contributed by atoms with van der Waals surface area (Å²) < 4.78 is 33.2. The number of imidazole rings is 1. The molecule has 0 bridgehead atoms. The first-order valence-electron chi connectivity index (χ1n) is 11.9. The summed E-state index contributed by atoms with van der Waals surface area (Å²) in [7, 11) is -3.60. The summed E-state index contributed by atoms with van der Waals surface area (Å²) >= 11 is 0. The Morgan fingerprint density at radius 3 is 2.53 bits per heavy atom. The zero-order valence-electron chi connectivity index (χ0n) is 20.1. The van der Waals surface area contributed by atoms with Gasteiger partial charge in [-0.15, -0.1) is 0 Å². The zero-order valence-corrected chi connectivity index (χ0v) is 20.9. The first-order chi connectivity index (χ1) is 17.3. The van der Waals surface area contributed by atoms with Gasteiger partial charge in [0.15, 0.2) is 17.0 Å². The quantitative estimate of drug-likeness (QED) is 0.320. The SMILES string of the molecule is CCn1cnc2c(Nc3ccc(N(c4ccco4)S(C)(=O)=O)cc3)nc(NC3CCC(O)CC3)nc21. The van der Waals surface area contributed by atoms with E-state index in [-0.39, 0.29) is 18.0 Å². The van der Waals surface area contributed by atoms with Crippen molar-refractivity contribution >= 4 is 50.2 Å². The van der Waals surface area contributed by atoms with E-state index in [1.54, 1.807) is 42.7 Å². The van der Waals surface area contributed by atoms with E-state index in [1.807, 2.05) is 11.5 Å². The first kappa shape index (κ1) is 24.1. The van der Waals surface area contributed by atoms with Crippen LogP contribution in [-0.2, 0) is 16.6 Å². The van der Waals surface area contributed by atoms with Gasteiger partial charge in [0.05, 0.1) is 30.6 Å². The monoisotopic (exact) mass is 511 g/mol. The zero-order chi connectivity index (χ0) is 25.3. The van der Waals surface area contributed by atoms with Crippen LogP contribution in [0.25, 0.3) is 11.2 Å². The Kier molecular flexibility index (Phi) is 6.54. The number of anilines is 5. The van der Waals surface area contributed by atoms with Crippen LogP contribution < -0.4 is 14.9 Å². The number of nitrogens with zero attached hydrogens (tertiary/aromatic N) is 5. The molecule has 11 nitrogen and oxygen atoms in total. The maximum Gasteiger partial charge on any atom is 0.238 e. The van der Waals surface area contributed by atoms with Crippen LogP contribution >= 0.6 is 0 Å². The smallest absolute Gasteiger partial charge is 0.238 e. The fraction of sp³-hybridized carbons (Fsp3) is 0.375. The van der Waals surface area contributed by atoms with Crippen molar-refractivity contribution in [1.82, 2.24) is 19.5 Å². The van der Waals surface area contributed by atoms with E-state index >= 15 is 0 Å². The molecule has 0 amide bonds. The minimum atomic E-state index is -3.60. The molecule has 0 saturated heterocycles. The Morgan fingerprint density at radius 1 is 1.14 bits per heavy atom. The second-order valence-electron chi connectivity index (χ2n) is 8.90. The molecule has 1 aromatic carbocycles. The van der Waals surface area contributed by atoms with Crippen LogP contribution in [0.1, 0.15) is 32.6 Å². The van der Waals surface area contributed by atoms with Gasteiger partial charge in [-0.1, -0.05) is 0 Å². The molecule has 1 aliphatic rings. The van der Waals surface area contributed by atoms with Gasteiger partial charge >= 0.3 is 0 Å². The van der Waals surface area contributed by atoms with Gasteiger partial charge in [0.25, 0.3) is 0 Å². The average Bonchev–Trinajstić information content (AvgIpc) is 3.51. The Labute approximate surface area is 209 Å². The molecule has 1 aliphatic carbocycles. The van der Waals surface area contributed by atoms with Crippen LogP contribution in [0.5, 0.6) is 0 Å². The van der Waals surface area contributed by atoms with Crippen LogP contribution in [0.2, 0.25) is 0 Å². The summed E-state index contributed by atoms with van der Waals surface area (Å²) in [5.41, 5.74) is 2.51. The third-order valence-corrected chi connectivity index (χ3v) is 7.29. The molecule has 0 spiro atoms. The number of aryl methyl sites for hydroxylation is 1. The molecule has 36 heavy (non-hydrogen) atoms. The third-order valence-electron chi connectivity index (χ3n) is 6.24.